The van der Waals surface area contributed by atoms with E-state index in [1.54, 1.807) is 0 Å². The van der Waals surface area contributed by atoms with Crippen molar-refractivity contribution in [3.63, 3.8) is 0 Å². The van der Waals surface area contributed by atoms with Crippen molar-refractivity contribution in [1.29, 1.82) is 0 Å². The van der Waals surface area contributed by atoms with Crippen LogP contribution in [0.4, 0.5) is 0 Å². The SMILES string of the molecule is CCCCCCCCCCCCCCCCCCCCCCC(=O)OC[C@H](COP(=O)(O)OC[C@@H](O)COP(=O)(O)OC[C@@H](COC(=O)CCCCCCC)OC(=O)CCCCCCCCCCCCCC(C)C)OC(=O)CCCCCCCCCCCCCCCCCCCCC(C)CC. The van der Waals surface area contributed by atoms with Gasteiger partial charge in [0.05, 0.1) is 26.4 Å². The fourth-order valence-corrected chi connectivity index (χ4v) is 14.3. The normalized spacial score (nSPS) is 14.2. The van der Waals surface area contributed by atoms with Crippen LogP contribution in [0.15, 0.2) is 0 Å². The lowest BCUT2D eigenvalue weighted by Crippen LogP contribution is -2.30. The van der Waals surface area contributed by atoms with Gasteiger partial charge in [0, 0.05) is 25.7 Å². The molecule has 0 fully saturated rings. The molecule has 0 heterocycles. The Kier molecular flexibility index (Phi) is 72.2. The number of carbonyl (C=O) groups excluding carboxylic acids is 4. The molecule has 0 aliphatic heterocycles. The third-order valence-electron chi connectivity index (χ3n) is 19.6. The second-order valence-electron chi connectivity index (χ2n) is 30.2. The Morgan fingerprint density at radius 3 is 0.752 bits per heavy atom. The minimum absolute atomic E-state index is 0.106. The highest BCUT2D eigenvalue weighted by molar-refractivity contribution is 7.47. The highest BCUT2D eigenvalue weighted by Gasteiger charge is 2.30. The molecule has 0 saturated carbocycles. The molecule has 0 rings (SSSR count). The average Bonchev–Trinajstić information content (AvgIpc) is 0.946. The predicted molar refractivity (Wildman–Crippen MR) is 414 cm³/mol. The van der Waals surface area contributed by atoms with E-state index in [1.165, 1.54) is 244 Å². The lowest BCUT2D eigenvalue weighted by atomic mass is 9.99. The largest absolute Gasteiger partial charge is 0.472 e. The van der Waals surface area contributed by atoms with E-state index in [0.29, 0.717) is 25.7 Å². The first-order valence-corrected chi connectivity index (χ1v) is 45.5. The summed E-state index contributed by atoms with van der Waals surface area (Å²) in [5.41, 5.74) is 0. The predicted octanol–water partition coefficient (Wildman–Crippen LogP) is 24.7. The quantitative estimate of drug-likeness (QED) is 0.0222. The van der Waals surface area contributed by atoms with Gasteiger partial charge in [-0.2, -0.15) is 0 Å². The third-order valence-corrected chi connectivity index (χ3v) is 21.5. The zero-order valence-electron chi connectivity index (χ0n) is 66.2. The maximum Gasteiger partial charge on any atom is 0.472 e. The van der Waals surface area contributed by atoms with Gasteiger partial charge in [-0.3, -0.25) is 37.3 Å². The van der Waals surface area contributed by atoms with Gasteiger partial charge in [0.2, 0.25) is 0 Å². The number of unbranched alkanes of at least 4 members (excludes halogenated alkanes) is 50. The monoisotopic (exact) mass is 1480 g/mol. The molecule has 0 radical (unpaired) electrons. The average molecular weight is 1480 g/mol. The van der Waals surface area contributed by atoms with Crippen molar-refractivity contribution in [2.24, 2.45) is 11.8 Å². The van der Waals surface area contributed by atoms with Gasteiger partial charge in [0.1, 0.15) is 19.3 Å². The molecule has 0 bridgehead atoms. The molecular formula is C82H160O17P2. The summed E-state index contributed by atoms with van der Waals surface area (Å²) >= 11 is 0. The van der Waals surface area contributed by atoms with Crippen molar-refractivity contribution in [3.8, 4) is 0 Å². The standard InChI is InChI=1S/C82H160O17P2/c1-7-10-12-14-15-16-17-18-19-20-21-22-26-29-32-37-42-47-53-59-65-80(85)93-71-78(99-82(87)66-60-54-48-43-38-33-30-27-24-23-25-28-31-36-41-46-52-57-63-75(6)9-3)73-97-101(90,91)95-69-76(83)68-94-100(88,89)96-72-77(70-92-79(84)64-58-50-13-11-8-2)98-81(86)67-61-55-49-44-39-34-35-40-45-51-56-62-74(4)5/h74-78,83H,7-73H2,1-6H3,(H,88,89)(H,90,91)/t75?,76-,77+,78+/m0/s1. The summed E-state index contributed by atoms with van der Waals surface area (Å²) in [4.78, 5) is 72.7. The van der Waals surface area contributed by atoms with E-state index in [9.17, 15) is 43.2 Å². The molecule has 0 aliphatic rings. The van der Waals surface area contributed by atoms with Gasteiger partial charge >= 0.3 is 39.5 Å². The number of carbonyl (C=O) groups is 4. The molecule has 0 aromatic carbocycles. The van der Waals surface area contributed by atoms with Crippen LogP contribution in [0.1, 0.15) is 433 Å². The Balaban J connectivity index is 5.11. The van der Waals surface area contributed by atoms with Gasteiger partial charge in [0.25, 0.3) is 0 Å². The van der Waals surface area contributed by atoms with Crippen LogP contribution in [0.2, 0.25) is 0 Å². The van der Waals surface area contributed by atoms with Gasteiger partial charge in [-0.25, -0.2) is 9.13 Å². The molecule has 3 unspecified atom stereocenters. The molecule has 6 atom stereocenters. The summed E-state index contributed by atoms with van der Waals surface area (Å²) in [7, 11) is -9.91. The van der Waals surface area contributed by atoms with Crippen molar-refractivity contribution in [3.05, 3.63) is 0 Å². The number of phosphoric ester groups is 2. The summed E-state index contributed by atoms with van der Waals surface area (Å²) in [5, 5.41) is 10.6. The van der Waals surface area contributed by atoms with Crippen molar-refractivity contribution in [1.82, 2.24) is 0 Å². The van der Waals surface area contributed by atoms with Crippen LogP contribution in [0, 0.1) is 11.8 Å². The smallest absolute Gasteiger partial charge is 0.462 e. The first kappa shape index (κ1) is 99.1. The molecule has 0 saturated heterocycles. The summed E-state index contributed by atoms with van der Waals surface area (Å²) in [6, 6.07) is 0. The number of aliphatic hydroxyl groups excluding tert-OH is 1. The summed E-state index contributed by atoms with van der Waals surface area (Å²) in [6.07, 6.45) is 64.4. The first-order chi connectivity index (χ1) is 48.9. The van der Waals surface area contributed by atoms with Crippen LogP contribution in [0.25, 0.3) is 0 Å². The maximum atomic E-state index is 13.1. The molecule has 0 aromatic rings. The van der Waals surface area contributed by atoms with E-state index in [2.05, 4.69) is 41.5 Å². The number of aliphatic hydroxyl groups is 1. The fourth-order valence-electron chi connectivity index (χ4n) is 12.7. The van der Waals surface area contributed by atoms with E-state index in [1.807, 2.05) is 0 Å². The highest BCUT2D eigenvalue weighted by Crippen LogP contribution is 2.45. The van der Waals surface area contributed by atoms with Crippen LogP contribution in [0.3, 0.4) is 0 Å². The zero-order chi connectivity index (χ0) is 74.2. The summed E-state index contributed by atoms with van der Waals surface area (Å²) < 4.78 is 68.5. The fraction of sp³-hybridized carbons (Fsp3) is 0.951. The second kappa shape index (κ2) is 73.6. The first-order valence-electron chi connectivity index (χ1n) is 42.5. The number of esters is 4. The van der Waals surface area contributed by atoms with Gasteiger partial charge in [-0.15, -0.1) is 0 Å². The lowest BCUT2D eigenvalue weighted by Gasteiger charge is -2.21. The van der Waals surface area contributed by atoms with E-state index in [0.717, 1.165) is 108 Å². The van der Waals surface area contributed by atoms with Crippen molar-refractivity contribution in [2.45, 2.75) is 452 Å². The molecule has 0 aromatic heterocycles. The molecule has 0 spiro atoms. The molecule has 19 heteroatoms. The minimum Gasteiger partial charge on any atom is -0.462 e. The Morgan fingerprint density at radius 1 is 0.287 bits per heavy atom. The van der Waals surface area contributed by atoms with Gasteiger partial charge in [0.15, 0.2) is 12.2 Å². The molecule has 3 N–H and O–H groups in total. The van der Waals surface area contributed by atoms with Crippen LogP contribution >= 0.6 is 15.6 Å². The van der Waals surface area contributed by atoms with Crippen molar-refractivity contribution in [2.75, 3.05) is 39.6 Å². The second-order valence-corrected chi connectivity index (χ2v) is 33.1. The maximum absolute atomic E-state index is 13.1. The highest BCUT2D eigenvalue weighted by atomic mass is 31.2. The Hall–Kier alpha value is -1.94. The number of rotatable bonds is 81. The number of phosphoric acid groups is 2. The zero-order valence-corrected chi connectivity index (χ0v) is 68.0. The Labute approximate surface area is 619 Å². The Morgan fingerprint density at radius 2 is 0.505 bits per heavy atom. The van der Waals surface area contributed by atoms with Crippen molar-refractivity contribution >= 4 is 39.5 Å². The van der Waals surface area contributed by atoms with Gasteiger partial charge < -0.3 is 33.8 Å². The summed E-state index contributed by atoms with van der Waals surface area (Å²) in [5.74, 6) is -0.484. The molecule has 101 heavy (non-hydrogen) atoms. The van der Waals surface area contributed by atoms with Crippen LogP contribution in [0.5, 0.6) is 0 Å². The molecular weight excluding hydrogens is 1320 g/mol. The van der Waals surface area contributed by atoms with Gasteiger partial charge in [-0.05, 0) is 37.5 Å². The molecule has 600 valence electrons. The van der Waals surface area contributed by atoms with Crippen molar-refractivity contribution < 1.29 is 80.2 Å². The number of hydrogen-bond donors (Lipinski definition) is 3. The van der Waals surface area contributed by atoms with Crippen LogP contribution in [-0.2, 0) is 65.4 Å². The molecule has 0 amide bonds. The Bertz CT molecular complexity index is 1940. The lowest BCUT2D eigenvalue weighted by molar-refractivity contribution is -0.161. The number of ether oxygens (including phenoxy) is 4. The molecule has 17 nitrogen and oxygen atoms in total. The van der Waals surface area contributed by atoms with Crippen LogP contribution < -0.4 is 0 Å². The van der Waals surface area contributed by atoms with Gasteiger partial charge in [-0.1, -0.05) is 382 Å². The van der Waals surface area contributed by atoms with E-state index < -0.39 is 97.5 Å². The summed E-state index contributed by atoms with van der Waals surface area (Å²) in [6.45, 7) is 9.61. The number of hydrogen-bond acceptors (Lipinski definition) is 15. The van der Waals surface area contributed by atoms with E-state index >= 15 is 0 Å². The van der Waals surface area contributed by atoms with E-state index in [4.69, 9.17) is 37.0 Å². The molecule has 0 aliphatic carbocycles. The third kappa shape index (κ3) is 74.7. The topological polar surface area (TPSA) is 237 Å². The van der Waals surface area contributed by atoms with E-state index in [-0.39, 0.29) is 25.7 Å². The minimum atomic E-state index is -4.96. The van der Waals surface area contributed by atoms with Crippen LogP contribution in [-0.4, -0.2) is 96.7 Å².